The Balaban J connectivity index is 1.19. The number of hydrogen-bond donors (Lipinski definition) is 1. The van der Waals surface area contributed by atoms with Crippen LogP contribution in [0.4, 0.5) is 5.13 Å². The van der Waals surface area contributed by atoms with E-state index in [1.165, 1.54) is 11.3 Å². The van der Waals surface area contributed by atoms with Crippen LogP contribution in [0.2, 0.25) is 0 Å². The molecule has 2 aliphatic rings. The van der Waals surface area contributed by atoms with Gasteiger partial charge in [-0.15, -0.1) is 22.7 Å². The van der Waals surface area contributed by atoms with Crippen molar-refractivity contribution in [2.45, 2.75) is 32.2 Å². The average molecular weight is 484 g/mol. The zero-order chi connectivity index (χ0) is 22.8. The summed E-state index contributed by atoms with van der Waals surface area (Å²) in [6.45, 7) is 3.58. The zero-order valence-electron chi connectivity index (χ0n) is 18.3. The Morgan fingerprint density at radius 2 is 2.06 bits per heavy atom. The van der Waals surface area contributed by atoms with Crippen LogP contribution in [0.25, 0.3) is 0 Å². The smallest absolute Gasteiger partial charge is 0.257 e. The van der Waals surface area contributed by atoms with Crippen molar-refractivity contribution in [3.8, 4) is 0 Å². The molecule has 0 bridgehead atoms. The molecule has 3 aromatic rings. The summed E-state index contributed by atoms with van der Waals surface area (Å²) in [5, 5.41) is 13.8. The van der Waals surface area contributed by atoms with E-state index in [0.717, 1.165) is 34.9 Å². The van der Waals surface area contributed by atoms with Crippen LogP contribution in [-0.4, -0.2) is 52.1 Å². The largest absolute Gasteiger partial charge is 0.467 e. The average Bonchev–Trinajstić information content (AvgIpc) is 3.60. The second kappa shape index (κ2) is 9.58. The first kappa shape index (κ1) is 22.0. The molecule has 1 saturated heterocycles. The highest BCUT2D eigenvalue weighted by Gasteiger charge is 2.36. The van der Waals surface area contributed by atoms with Crippen LogP contribution in [0.15, 0.2) is 50.8 Å². The predicted molar refractivity (Wildman–Crippen MR) is 128 cm³/mol. The second-order valence-corrected chi connectivity index (χ2v) is 10.1. The van der Waals surface area contributed by atoms with E-state index in [1.54, 1.807) is 22.6 Å². The van der Waals surface area contributed by atoms with Gasteiger partial charge in [0.25, 0.3) is 5.91 Å². The summed E-state index contributed by atoms with van der Waals surface area (Å²) in [5.41, 5.74) is 1.82. The first-order valence-electron chi connectivity index (χ1n) is 11.0. The molecule has 0 unspecified atom stereocenters. The van der Waals surface area contributed by atoms with Gasteiger partial charge in [0.2, 0.25) is 5.91 Å². The molecular weight excluding hydrogens is 458 g/mol. The number of rotatable bonds is 6. The van der Waals surface area contributed by atoms with Crippen LogP contribution >= 0.6 is 22.7 Å². The fourth-order valence-corrected chi connectivity index (χ4v) is 5.68. The van der Waals surface area contributed by atoms with Crippen molar-refractivity contribution in [1.82, 2.24) is 14.9 Å². The molecule has 10 heteroatoms. The molecule has 3 aromatic heterocycles. The fourth-order valence-electron chi connectivity index (χ4n) is 4.27. The Bertz CT molecular complexity index is 1130. The number of anilines is 1. The lowest BCUT2D eigenvalue weighted by molar-refractivity contribution is -0.135. The molecule has 0 aliphatic carbocycles. The van der Waals surface area contributed by atoms with Crippen LogP contribution < -0.4 is 5.32 Å². The van der Waals surface area contributed by atoms with Gasteiger partial charge in [0.05, 0.1) is 29.1 Å². The predicted octanol–water partition coefficient (Wildman–Crippen LogP) is 4.13. The van der Waals surface area contributed by atoms with E-state index >= 15 is 0 Å². The number of piperidine rings is 1. The van der Waals surface area contributed by atoms with Crippen molar-refractivity contribution in [3.63, 3.8) is 0 Å². The molecule has 172 valence electrons. The minimum atomic E-state index is -0.227. The van der Waals surface area contributed by atoms with E-state index < -0.39 is 0 Å². The van der Waals surface area contributed by atoms with Crippen LogP contribution in [0, 0.1) is 12.8 Å². The molecule has 2 aliphatic heterocycles. The van der Waals surface area contributed by atoms with Gasteiger partial charge in [-0.1, -0.05) is 6.07 Å². The van der Waals surface area contributed by atoms with Crippen molar-refractivity contribution in [3.05, 3.63) is 57.6 Å². The topological polar surface area (TPSA) is 91.0 Å². The van der Waals surface area contributed by atoms with Crippen molar-refractivity contribution in [2.24, 2.45) is 11.0 Å². The van der Waals surface area contributed by atoms with Crippen LogP contribution in [-0.2, 0) is 9.59 Å². The molecule has 1 fully saturated rings. The maximum absolute atomic E-state index is 13.2. The van der Waals surface area contributed by atoms with Crippen LogP contribution in [0.5, 0.6) is 0 Å². The minimum Gasteiger partial charge on any atom is -0.467 e. The number of amides is 2. The number of nitrogens with one attached hydrogen (secondary N) is 1. The van der Waals surface area contributed by atoms with Gasteiger partial charge < -0.3 is 9.73 Å². The number of furan rings is 1. The van der Waals surface area contributed by atoms with E-state index in [1.807, 2.05) is 41.9 Å². The molecule has 0 aromatic carbocycles. The Morgan fingerprint density at radius 1 is 1.21 bits per heavy atom. The normalized spacial score (nSPS) is 19.6. The Morgan fingerprint density at radius 3 is 2.73 bits per heavy atom. The van der Waals surface area contributed by atoms with E-state index in [2.05, 4.69) is 20.3 Å². The maximum Gasteiger partial charge on any atom is 0.257 e. The molecule has 0 spiro atoms. The molecular formula is C23H25N5O3S2. The second-order valence-electron chi connectivity index (χ2n) is 8.33. The summed E-state index contributed by atoms with van der Waals surface area (Å²) in [4.78, 5) is 33.3. The van der Waals surface area contributed by atoms with Crippen LogP contribution in [0.3, 0.4) is 0 Å². The molecule has 8 nitrogen and oxygen atoms in total. The summed E-state index contributed by atoms with van der Waals surface area (Å²) < 4.78 is 5.62. The number of thiazole rings is 1. The fraction of sp³-hybridized carbons (Fsp3) is 0.391. The molecule has 0 saturated carbocycles. The number of aromatic nitrogens is 1. The monoisotopic (exact) mass is 483 g/mol. The molecule has 33 heavy (non-hydrogen) atoms. The third-order valence-corrected chi connectivity index (χ3v) is 7.80. The molecule has 0 radical (unpaired) electrons. The van der Waals surface area contributed by atoms with Gasteiger partial charge in [-0.25, -0.2) is 9.99 Å². The standard InChI is InChI=1S/C23H25N5O3S2/c1-15-14-33-23(24-15)25-22(30)16-6-8-27(9-7-16)13-21(29)28-18(19-4-2-10-31-19)12-17(26-28)20-5-3-11-32-20/h2-5,10-11,14,16,18H,6-9,12-13H2,1H3,(H,24,25,30)/t18-/m0/s1. The first-order chi connectivity index (χ1) is 16.1. The molecule has 5 rings (SSSR count). The summed E-state index contributed by atoms with van der Waals surface area (Å²) >= 11 is 3.06. The Labute approximate surface area is 199 Å². The number of aryl methyl sites for hydroxylation is 1. The highest BCUT2D eigenvalue weighted by atomic mass is 32.1. The Hall–Kier alpha value is -2.82. The highest BCUT2D eigenvalue weighted by Crippen LogP contribution is 2.34. The lowest BCUT2D eigenvalue weighted by atomic mass is 9.96. The van der Waals surface area contributed by atoms with E-state index in [4.69, 9.17) is 4.42 Å². The zero-order valence-corrected chi connectivity index (χ0v) is 19.9. The lowest BCUT2D eigenvalue weighted by Crippen LogP contribution is -2.43. The van der Waals surface area contributed by atoms with Crippen molar-refractivity contribution < 1.29 is 14.0 Å². The third kappa shape index (κ3) is 4.92. The number of hydrogen-bond acceptors (Lipinski definition) is 8. The van der Waals surface area contributed by atoms with E-state index in [9.17, 15) is 9.59 Å². The Kier molecular flexibility index (Phi) is 6.39. The highest BCUT2D eigenvalue weighted by molar-refractivity contribution is 7.14. The summed E-state index contributed by atoms with van der Waals surface area (Å²) in [6, 6.07) is 7.52. The van der Waals surface area contributed by atoms with Crippen molar-refractivity contribution in [2.75, 3.05) is 25.0 Å². The van der Waals surface area contributed by atoms with Crippen LogP contribution in [0.1, 0.15) is 41.6 Å². The SMILES string of the molecule is Cc1csc(NC(=O)C2CCN(CC(=O)N3N=C(c4cccs4)C[C@H]3c3ccco3)CC2)n1. The van der Waals surface area contributed by atoms with Crippen molar-refractivity contribution >= 4 is 45.3 Å². The number of carbonyl (C=O) groups excluding carboxylic acids is 2. The molecule has 5 heterocycles. The summed E-state index contributed by atoms with van der Waals surface area (Å²) in [5.74, 6) is 0.639. The number of nitrogens with zero attached hydrogens (tertiary/aromatic N) is 4. The molecule has 1 N–H and O–H groups in total. The van der Waals surface area contributed by atoms with E-state index in [-0.39, 0.29) is 30.3 Å². The van der Waals surface area contributed by atoms with Gasteiger partial charge >= 0.3 is 0 Å². The third-order valence-electron chi connectivity index (χ3n) is 6.01. The van der Waals surface area contributed by atoms with Gasteiger partial charge in [-0.3, -0.25) is 14.5 Å². The number of hydrazone groups is 1. The molecule has 2 amide bonds. The number of carbonyl (C=O) groups is 2. The van der Waals surface area contributed by atoms with Gasteiger partial charge in [0.1, 0.15) is 11.8 Å². The maximum atomic E-state index is 13.2. The van der Waals surface area contributed by atoms with Crippen molar-refractivity contribution in [1.29, 1.82) is 0 Å². The first-order valence-corrected chi connectivity index (χ1v) is 12.7. The van der Waals surface area contributed by atoms with E-state index in [0.29, 0.717) is 24.6 Å². The van der Waals surface area contributed by atoms with Gasteiger partial charge in [-0.05, 0) is 56.4 Å². The van der Waals surface area contributed by atoms with Gasteiger partial charge in [0.15, 0.2) is 5.13 Å². The number of likely N-dealkylation sites (tertiary alicyclic amines) is 1. The van der Waals surface area contributed by atoms with Gasteiger partial charge in [0, 0.05) is 17.7 Å². The minimum absolute atomic E-state index is 0.0120. The quantitative estimate of drug-likeness (QED) is 0.569. The summed E-state index contributed by atoms with van der Waals surface area (Å²) in [6.07, 6.45) is 3.70. The number of thiophene rings is 1. The summed E-state index contributed by atoms with van der Waals surface area (Å²) in [7, 11) is 0. The van der Waals surface area contributed by atoms with Gasteiger partial charge in [-0.2, -0.15) is 5.10 Å². The molecule has 1 atom stereocenters. The lowest BCUT2D eigenvalue weighted by Gasteiger charge is -2.31.